The standard InChI is InChI=1S/C28H60N3O.2ClH/c1-7-8-9-10-11-12-13-14-15-16-17-18-19-20-21-22-26-31(5,6)27-28(32)29-24-23-25-30(2,3)4;;/h7-27H2,1-6H3;2*1H/q+1;;/p-1. The van der Waals surface area contributed by atoms with Crippen LogP contribution in [0.4, 0.5) is 0 Å². The maximum absolute atomic E-state index is 12.2. The average Bonchev–Trinajstić information content (AvgIpc) is 2.70. The van der Waals surface area contributed by atoms with E-state index in [9.17, 15) is 4.79 Å². The largest absolute Gasteiger partial charge is 1.00 e. The van der Waals surface area contributed by atoms with Gasteiger partial charge < -0.3 is 39.1 Å². The molecule has 0 fully saturated rings. The van der Waals surface area contributed by atoms with E-state index in [1.54, 1.807) is 0 Å². The summed E-state index contributed by atoms with van der Waals surface area (Å²) in [5.41, 5.74) is 0. The molecule has 0 aliphatic heterocycles. The van der Waals surface area contributed by atoms with Crippen molar-refractivity contribution in [1.82, 2.24) is 5.32 Å². The highest BCUT2D eigenvalue weighted by Gasteiger charge is 2.19. The number of quaternary nitrogens is 2. The highest BCUT2D eigenvalue weighted by molar-refractivity contribution is 5.76. The molecule has 0 atom stereocenters. The smallest absolute Gasteiger partial charge is 0.275 e. The van der Waals surface area contributed by atoms with Crippen molar-refractivity contribution in [2.45, 2.75) is 116 Å². The van der Waals surface area contributed by atoms with Gasteiger partial charge in [-0.2, -0.15) is 0 Å². The predicted octanol–water partition coefficient (Wildman–Crippen LogP) is 0.545. The summed E-state index contributed by atoms with van der Waals surface area (Å²) >= 11 is 0. The summed E-state index contributed by atoms with van der Waals surface area (Å²) in [7, 11) is 11.0. The van der Waals surface area contributed by atoms with Crippen molar-refractivity contribution in [3.05, 3.63) is 0 Å². The molecule has 0 aromatic carbocycles. The fourth-order valence-electron chi connectivity index (χ4n) is 4.39. The molecule has 208 valence electrons. The molecule has 0 rings (SSSR count). The van der Waals surface area contributed by atoms with Crippen LogP contribution in [0.15, 0.2) is 0 Å². The zero-order valence-corrected chi connectivity index (χ0v) is 25.4. The Labute approximate surface area is 227 Å². The maximum atomic E-state index is 12.2. The zero-order chi connectivity index (χ0) is 24.1. The number of amides is 1. The number of hydrogen-bond donors (Lipinski definition) is 1. The van der Waals surface area contributed by atoms with Crippen molar-refractivity contribution < 1.29 is 38.6 Å². The highest BCUT2D eigenvalue weighted by atomic mass is 35.5. The Balaban J connectivity index is -0.00000480. The van der Waals surface area contributed by atoms with Gasteiger partial charge in [0.15, 0.2) is 6.54 Å². The van der Waals surface area contributed by atoms with E-state index in [1.807, 2.05) is 0 Å². The lowest BCUT2D eigenvalue weighted by molar-refractivity contribution is -0.882. The maximum Gasteiger partial charge on any atom is 0.275 e. The second-order valence-electron chi connectivity index (χ2n) is 11.8. The molecule has 34 heavy (non-hydrogen) atoms. The van der Waals surface area contributed by atoms with Crippen LogP contribution in [0.5, 0.6) is 0 Å². The molecule has 0 aromatic heterocycles. The van der Waals surface area contributed by atoms with Crippen molar-refractivity contribution in [1.29, 1.82) is 0 Å². The number of carbonyl (C=O) groups is 1. The molecule has 0 bridgehead atoms. The first-order valence-electron chi connectivity index (χ1n) is 14.1. The van der Waals surface area contributed by atoms with Gasteiger partial charge >= 0.3 is 0 Å². The first-order valence-corrected chi connectivity index (χ1v) is 14.1. The average molecular weight is 527 g/mol. The van der Waals surface area contributed by atoms with Crippen molar-refractivity contribution in [3.63, 3.8) is 0 Å². The van der Waals surface area contributed by atoms with Gasteiger partial charge in [0.1, 0.15) is 0 Å². The lowest BCUT2D eigenvalue weighted by atomic mass is 10.0. The van der Waals surface area contributed by atoms with Crippen molar-refractivity contribution in [2.75, 3.05) is 61.4 Å². The number of likely N-dealkylation sites (N-methyl/N-ethyl adjacent to an activating group) is 1. The Morgan fingerprint density at radius 2 is 0.941 bits per heavy atom. The van der Waals surface area contributed by atoms with Gasteiger partial charge in [-0.1, -0.05) is 96.8 Å². The second-order valence-corrected chi connectivity index (χ2v) is 11.8. The van der Waals surface area contributed by atoms with Gasteiger partial charge in [-0.25, -0.2) is 0 Å². The van der Waals surface area contributed by atoms with Gasteiger partial charge in [0.2, 0.25) is 0 Å². The van der Waals surface area contributed by atoms with Crippen LogP contribution >= 0.6 is 0 Å². The Morgan fingerprint density at radius 3 is 1.32 bits per heavy atom. The zero-order valence-electron chi connectivity index (χ0n) is 23.9. The van der Waals surface area contributed by atoms with Gasteiger partial charge in [0.05, 0.1) is 48.3 Å². The summed E-state index contributed by atoms with van der Waals surface area (Å²) in [4.78, 5) is 12.2. The van der Waals surface area contributed by atoms with E-state index in [-0.39, 0.29) is 30.7 Å². The van der Waals surface area contributed by atoms with E-state index in [0.717, 1.165) is 35.0 Å². The van der Waals surface area contributed by atoms with Crippen LogP contribution in [0.3, 0.4) is 0 Å². The molecule has 0 radical (unpaired) electrons. The lowest BCUT2D eigenvalue weighted by Crippen LogP contribution is -3.00. The summed E-state index contributed by atoms with van der Waals surface area (Å²) < 4.78 is 1.76. The molecule has 0 saturated heterocycles. The second kappa shape index (κ2) is 24.7. The third-order valence-electron chi connectivity index (χ3n) is 6.52. The summed E-state index contributed by atoms with van der Waals surface area (Å²) in [5, 5.41) is 3.10. The van der Waals surface area contributed by atoms with E-state index >= 15 is 0 Å². The Hall–Kier alpha value is -0.0300. The number of carbonyl (C=O) groups excluding carboxylic acids is 1. The van der Waals surface area contributed by atoms with Crippen LogP contribution in [0, 0.1) is 0 Å². The SMILES string of the molecule is CCCCCCCCCCCCCCCCCC[N+](C)(C)CC(=O)NCCC[N+](C)(C)C.[Cl-].[Cl-]. The van der Waals surface area contributed by atoms with Crippen LogP contribution in [-0.4, -0.2) is 76.3 Å². The van der Waals surface area contributed by atoms with E-state index in [4.69, 9.17) is 0 Å². The van der Waals surface area contributed by atoms with Gasteiger partial charge in [-0.15, -0.1) is 0 Å². The minimum absolute atomic E-state index is 0. The number of hydrogen-bond acceptors (Lipinski definition) is 1. The van der Waals surface area contributed by atoms with E-state index in [1.165, 1.54) is 103 Å². The third kappa shape index (κ3) is 30.0. The molecular weight excluding hydrogens is 465 g/mol. The first kappa shape index (κ1) is 38.5. The molecule has 0 unspecified atom stereocenters. The Morgan fingerprint density at radius 1 is 0.559 bits per heavy atom. The van der Waals surface area contributed by atoms with E-state index in [0.29, 0.717) is 6.54 Å². The number of halogens is 2. The first-order chi connectivity index (χ1) is 15.2. The molecule has 6 heteroatoms. The number of nitrogens with one attached hydrogen (secondary N) is 1. The quantitative estimate of drug-likeness (QED) is 0.153. The fraction of sp³-hybridized carbons (Fsp3) is 0.964. The number of unbranched alkanes of at least 4 members (excludes halogenated alkanes) is 15. The van der Waals surface area contributed by atoms with Gasteiger partial charge in [0, 0.05) is 13.0 Å². The molecule has 1 N–H and O–H groups in total. The number of rotatable bonds is 23. The van der Waals surface area contributed by atoms with Crippen molar-refractivity contribution in [2.24, 2.45) is 0 Å². The summed E-state index contributed by atoms with van der Waals surface area (Å²) in [6, 6.07) is 0. The number of nitrogens with zero attached hydrogens (tertiary/aromatic N) is 2. The summed E-state index contributed by atoms with van der Waals surface area (Å²) in [5.74, 6) is 0.202. The van der Waals surface area contributed by atoms with E-state index < -0.39 is 0 Å². The topological polar surface area (TPSA) is 29.1 Å². The van der Waals surface area contributed by atoms with Gasteiger partial charge in [0.25, 0.3) is 5.91 Å². The monoisotopic (exact) mass is 525 g/mol. The third-order valence-corrected chi connectivity index (χ3v) is 6.52. The van der Waals surface area contributed by atoms with Gasteiger partial charge in [-0.3, -0.25) is 4.79 Å². The molecule has 0 saturated carbocycles. The van der Waals surface area contributed by atoms with Crippen LogP contribution in [0.1, 0.15) is 116 Å². The molecule has 0 heterocycles. The van der Waals surface area contributed by atoms with Crippen LogP contribution in [-0.2, 0) is 4.79 Å². The molecule has 1 amide bonds. The van der Waals surface area contributed by atoms with Gasteiger partial charge in [-0.05, 0) is 12.8 Å². The molecule has 4 nitrogen and oxygen atoms in total. The Bertz CT molecular complexity index is 440. The van der Waals surface area contributed by atoms with Crippen molar-refractivity contribution >= 4 is 5.91 Å². The predicted molar refractivity (Wildman–Crippen MR) is 142 cm³/mol. The minimum Gasteiger partial charge on any atom is -1.00 e. The Kier molecular flexibility index (Phi) is 27.9. The normalized spacial score (nSPS) is 11.6. The highest BCUT2D eigenvalue weighted by Crippen LogP contribution is 2.14. The van der Waals surface area contributed by atoms with Crippen LogP contribution in [0.25, 0.3) is 0 Å². The summed E-state index contributed by atoms with van der Waals surface area (Å²) in [6.45, 7) is 5.89. The fourth-order valence-corrected chi connectivity index (χ4v) is 4.39. The van der Waals surface area contributed by atoms with Crippen molar-refractivity contribution in [3.8, 4) is 0 Å². The van der Waals surface area contributed by atoms with E-state index in [2.05, 4.69) is 47.5 Å². The van der Waals surface area contributed by atoms with Crippen LogP contribution < -0.4 is 30.1 Å². The van der Waals surface area contributed by atoms with Crippen LogP contribution in [0.2, 0.25) is 0 Å². The molecule has 0 aromatic rings. The molecular formula is C28H61Cl2N3O. The molecule has 0 aliphatic rings. The lowest BCUT2D eigenvalue weighted by Gasteiger charge is -2.29. The molecule has 0 spiro atoms. The minimum atomic E-state index is 0. The molecule has 0 aliphatic carbocycles. The summed E-state index contributed by atoms with van der Waals surface area (Å²) in [6.07, 6.45) is 23.5.